The van der Waals surface area contributed by atoms with E-state index in [2.05, 4.69) is 0 Å². The van der Waals surface area contributed by atoms with Crippen molar-refractivity contribution >= 4 is 29.1 Å². The molecule has 1 aromatic rings. The molecule has 0 radical (unpaired) electrons. The zero-order chi connectivity index (χ0) is 9.84. The number of hydrogen-bond donors (Lipinski definition) is 2. The van der Waals surface area contributed by atoms with Crippen molar-refractivity contribution in [3.05, 3.63) is 23.2 Å². The Labute approximate surface area is 87.6 Å². The van der Waals surface area contributed by atoms with Gasteiger partial charge in [0.05, 0.1) is 5.02 Å². The van der Waals surface area contributed by atoms with E-state index in [0.29, 0.717) is 5.02 Å². The van der Waals surface area contributed by atoms with Crippen LogP contribution in [-0.2, 0) is 0 Å². The molecule has 0 spiro atoms. The van der Waals surface area contributed by atoms with Gasteiger partial charge in [-0.05, 0) is 19.1 Å². The van der Waals surface area contributed by atoms with Gasteiger partial charge in [0, 0.05) is 22.4 Å². The van der Waals surface area contributed by atoms with Crippen LogP contribution in [0, 0.1) is 0 Å². The lowest BCUT2D eigenvalue weighted by atomic mass is 10.3. The van der Waals surface area contributed by atoms with Crippen molar-refractivity contribution in [3.8, 4) is 0 Å². The molecule has 0 aromatic heterocycles. The summed E-state index contributed by atoms with van der Waals surface area (Å²) in [5.41, 5.74) is 12.1. The topological polar surface area (TPSA) is 52.0 Å². The second-order valence-corrected chi connectivity index (χ2v) is 4.38. The minimum absolute atomic E-state index is 0.153. The van der Waals surface area contributed by atoms with E-state index in [1.54, 1.807) is 11.8 Å². The van der Waals surface area contributed by atoms with E-state index >= 15 is 0 Å². The van der Waals surface area contributed by atoms with Crippen molar-refractivity contribution in [2.45, 2.75) is 17.9 Å². The Kier molecular flexibility index (Phi) is 3.90. The van der Waals surface area contributed by atoms with Crippen molar-refractivity contribution in [2.75, 3.05) is 11.5 Å². The van der Waals surface area contributed by atoms with Crippen molar-refractivity contribution in [1.82, 2.24) is 0 Å². The van der Waals surface area contributed by atoms with Crippen LogP contribution in [0.25, 0.3) is 0 Å². The molecule has 0 saturated carbocycles. The highest BCUT2D eigenvalue weighted by Crippen LogP contribution is 2.32. The molecular weight excluding hydrogens is 204 g/mol. The van der Waals surface area contributed by atoms with Crippen LogP contribution in [0.4, 0.5) is 5.69 Å². The van der Waals surface area contributed by atoms with Crippen LogP contribution in [0.2, 0.25) is 5.02 Å². The highest BCUT2D eigenvalue weighted by atomic mass is 35.5. The third-order valence-electron chi connectivity index (χ3n) is 1.49. The fourth-order valence-electron chi connectivity index (χ4n) is 0.893. The van der Waals surface area contributed by atoms with Gasteiger partial charge in [-0.1, -0.05) is 17.7 Å². The van der Waals surface area contributed by atoms with Gasteiger partial charge in [0.2, 0.25) is 0 Å². The van der Waals surface area contributed by atoms with Crippen LogP contribution >= 0.6 is 23.4 Å². The lowest BCUT2D eigenvalue weighted by Gasteiger charge is -2.08. The first kappa shape index (κ1) is 10.7. The largest absolute Gasteiger partial charge is 0.398 e. The van der Waals surface area contributed by atoms with Gasteiger partial charge in [-0.15, -0.1) is 11.8 Å². The van der Waals surface area contributed by atoms with Crippen molar-refractivity contribution in [2.24, 2.45) is 5.73 Å². The molecule has 1 unspecified atom stereocenters. The quantitative estimate of drug-likeness (QED) is 0.603. The molecule has 0 heterocycles. The molecule has 1 atom stereocenters. The predicted molar refractivity (Wildman–Crippen MR) is 60.2 cm³/mol. The summed E-state index contributed by atoms with van der Waals surface area (Å²) in [5, 5.41) is 0.700. The zero-order valence-electron chi connectivity index (χ0n) is 7.46. The highest BCUT2D eigenvalue weighted by Gasteiger charge is 2.05. The van der Waals surface area contributed by atoms with E-state index in [0.717, 1.165) is 16.3 Å². The molecule has 1 aromatic carbocycles. The van der Waals surface area contributed by atoms with E-state index in [4.69, 9.17) is 23.1 Å². The molecule has 0 fully saturated rings. The highest BCUT2D eigenvalue weighted by molar-refractivity contribution is 7.99. The van der Waals surface area contributed by atoms with Gasteiger partial charge >= 0.3 is 0 Å². The van der Waals surface area contributed by atoms with Gasteiger partial charge in [-0.2, -0.15) is 0 Å². The summed E-state index contributed by atoms with van der Waals surface area (Å²) in [6, 6.07) is 5.67. The Morgan fingerprint density at radius 1 is 1.54 bits per heavy atom. The molecule has 13 heavy (non-hydrogen) atoms. The number of thioether (sulfide) groups is 1. The maximum Gasteiger partial charge on any atom is 0.0562 e. The molecule has 0 amide bonds. The van der Waals surface area contributed by atoms with Gasteiger partial charge in [0.15, 0.2) is 0 Å². The van der Waals surface area contributed by atoms with Gasteiger partial charge in [0.25, 0.3) is 0 Å². The SMILES string of the molecule is CC(N)CSc1c(N)cccc1Cl. The predicted octanol–water partition coefficient (Wildman–Crippen LogP) is 2.36. The fourth-order valence-corrected chi connectivity index (χ4v) is 2.11. The average molecular weight is 217 g/mol. The van der Waals surface area contributed by atoms with Crippen LogP contribution in [0.5, 0.6) is 0 Å². The molecule has 2 nitrogen and oxygen atoms in total. The third-order valence-corrected chi connectivity index (χ3v) is 3.35. The first-order valence-corrected chi connectivity index (χ1v) is 5.40. The van der Waals surface area contributed by atoms with E-state index in [1.807, 2.05) is 25.1 Å². The number of halogens is 1. The monoisotopic (exact) mass is 216 g/mol. The number of hydrogen-bond acceptors (Lipinski definition) is 3. The summed E-state index contributed by atoms with van der Waals surface area (Å²) in [6.07, 6.45) is 0. The first-order valence-electron chi connectivity index (χ1n) is 4.03. The average Bonchev–Trinajstić information content (AvgIpc) is 2.03. The van der Waals surface area contributed by atoms with Gasteiger partial charge < -0.3 is 11.5 Å². The molecule has 0 saturated heterocycles. The third kappa shape index (κ3) is 3.10. The summed E-state index contributed by atoms with van der Waals surface area (Å²) in [4.78, 5) is 0.932. The molecule has 4 N–H and O–H groups in total. The smallest absolute Gasteiger partial charge is 0.0562 e. The lowest BCUT2D eigenvalue weighted by Crippen LogP contribution is -2.17. The number of benzene rings is 1. The Morgan fingerprint density at radius 2 is 2.23 bits per heavy atom. The van der Waals surface area contributed by atoms with Crippen LogP contribution in [-0.4, -0.2) is 11.8 Å². The summed E-state index contributed by atoms with van der Waals surface area (Å²) in [5.74, 6) is 0.827. The van der Waals surface area contributed by atoms with Crippen LogP contribution in [0.1, 0.15) is 6.92 Å². The second-order valence-electron chi connectivity index (χ2n) is 2.95. The maximum absolute atomic E-state index is 5.97. The lowest BCUT2D eigenvalue weighted by molar-refractivity contribution is 0.847. The zero-order valence-corrected chi connectivity index (χ0v) is 9.03. The molecule has 0 aliphatic heterocycles. The molecular formula is C9H13ClN2S. The van der Waals surface area contributed by atoms with Gasteiger partial charge in [-0.3, -0.25) is 0 Å². The summed E-state index contributed by atoms with van der Waals surface area (Å²) < 4.78 is 0. The van der Waals surface area contributed by atoms with Crippen LogP contribution in [0.15, 0.2) is 23.1 Å². The Balaban J connectivity index is 2.75. The minimum Gasteiger partial charge on any atom is -0.398 e. The first-order chi connectivity index (χ1) is 6.11. The van der Waals surface area contributed by atoms with E-state index in [9.17, 15) is 0 Å². The van der Waals surface area contributed by atoms with E-state index < -0.39 is 0 Å². The standard InChI is InChI=1S/C9H13ClN2S/c1-6(11)5-13-9-7(10)3-2-4-8(9)12/h2-4,6H,5,11-12H2,1H3. The fraction of sp³-hybridized carbons (Fsp3) is 0.333. The number of anilines is 1. The summed E-state index contributed by atoms with van der Waals surface area (Å²) in [7, 11) is 0. The van der Waals surface area contributed by atoms with Crippen molar-refractivity contribution in [3.63, 3.8) is 0 Å². The second kappa shape index (κ2) is 4.74. The van der Waals surface area contributed by atoms with Crippen LogP contribution < -0.4 is 11.5 Å². The Hall–Kier alpha value is -0.380. The maximum atomic E-state index is 5.97. The van der Waals surface area contributed by atoms with Crippen LogP contribution in [0.3, 0.4) is 0 Å². The molecule has 72 valence electrons. The summed E-state index contributed by atoms with van der Waals surface area (Å²) >= 11 is 7.57. The summed E-state index contributed by atoms with van der Waals surface area (Å²) in [6.45, 7) is 1.96. The Morgan fingerprint density at radius 3 is 2.77 bits per heavy atom. The number of nitrogen functional groups attached to an aromatic ring is 1. The number of rotatable bonds is 3. The van der Waals surface area contributed by atoms with E-state index in [-0.39, 0.29) is 6.04 Å². The molecule has 1 rings (SSSR count). The minimum atomic E-state index is 0.153. The molecule has 4 heteroatoms. The molecule has 0 bridgehead atoms. The Bertz CT molecular complexity index is 269. The molecule has 0 aliphatic carbocycles. The van der Waals surface area contributed by atoms with Crippen molar-refractivity contribution in [1.29, 1.82) is 0 Å². The van der Waals surface area contributed by atoms with E-state index in [1.165, 1.54) is 0 Å². The molecule has 0 aliphatic rings. The van der Waals surface area contributed by atoms with Crippen molar-refractivity contribution < 1.29 is 0 Å². The van der Waals surface area contributed by atoms with Gasteiger partial charge in [0.1, 0.15) is 0 Å². The number of nitrogens with two attached hydrogens (primary N) is 2. The van der Waals surface area contributed by atoms with Gasteiger partial charge in [-0.25, -0.2) is 0 Å². The normalized spacial score (nSPS) is 12.8.